The van der Waals surface area contributed by atoms with Crippen LogP contribution in [-0.4, -0.2) is 55.2 Å². The number of para-hydroxylation sites is 1. The number of hydrogen-bond donors (Lipinski definition) is 2. The molecular weight excluding hydrogens is 272 g/mol. The molecule has 0 fully saturated rings. The van der Waals surface area contributed by atoms with Crippen LogP contribution in [0.5, 0.6) is 0 Å². The molecule has 1 rings (SSSR count). The second-order valence-electron chi connectivity index (χ2n) is 4.88. The summed E-state index contributed by atoms with van der Waals surface area (Å²) in [5.74, 6) is -1.58. The van der Waals surface area contributed by atoms with E-state index in [1.54, 1.807) is 31.1 Å². The van der Waals surface area contributed by atoms with Gasteiger partial charge in [-0.2, -0.15) is 0 Å². The van der Waals surface area contributed by atoms with Gasteiger partial charge in [-0.15, -0.1) is 0 Å². The Kier molecular flexibility index (Phi) is 7.42. The van der Waals surface area contributed by atoms with Crippen LogP contribution >= 0.6 is 0 Å². The van der Waals surface area contributed by atoms with E-state index in [9.17, 15) is 9.59 Å². The minimum absolute atomic E-state index is 0.135. The Hall–Kier alpha value is -1.92. The van der Waals surface area contributed by atoms with Crippen LogP contribution in [0.3, 0.4) is 0 Å². The predicted molar refractivity (Wildman–Crippen MR) is 80.2 cm³/mol. The zero-order chi connectivity index (χ0) is 15.7. The molecule has 0 spiro atoms. The number of rotatable bonds is 9. The van der Waals surface area contributed by atoms with Gasteiger partial charge in [0, 0.05) is 25.9 Å². The lowest BCUT2D eigenvalue weighted by molar-refractivity contribution is -0.142. The summed E-state index contributed by atoms with van der Waals surface area (Å²) < 4.78 is 4.99. The molecule has 6 nitrogen and oxygen atoms in total. The van der Waals surface area contributed by atoms with Crippen molar-refractivity contribution in [2.45, 2.75) is 6.92 Å². The van der Waals surface area contributed by atoms with Crippen LogP contribution < -0.4 is 5.32 Å². The normalized spacial score (nSPS) is 12.1. The maximum Gasteiger partial charge on any atom is 0.307 e. The van der Waals surface area contributed by atoms with Gasteiger partial charge >= 0.3 is 5.97 Å². The number of anilines is 1. The largest absolute Gasteiger partial charge is 0.481 e. The van der Waals surface area contributed by atoms with Gasteiger partial charge in [-0.25, -0.2) is 0 Å². The summed E-state index contributed by atoms with van der Waals surface area (Å²) in [7, 11) is 1.57. The van der Waals surface area contributed by atoms with Crippen LogP contribution in [0.2, 0.25) is 0 Å². The first-order valence-electron chi connectivity index (χ1n) is 6.82. The highest BCUT2D eigenvalue weighted by Crippen LogP contribution is 2.06. The number of carbonyl (C=O) groups excluding carboxylic acids is 1. The smallest absolute Gasteiger partial charge is 0.307 e. The molecule has 0 heterocycles. The van der Waals surface area contributed by atoms with Crippen molar-refractivity contribution in [1.82, 2.24) is 4.90 Å². The van der Waals surface area contributed by atoms with E-state index in [0.717, 1.165) is 5.69 Å². The molecule has 1 atom stereocenters. The third-order valence-electron chi connectivity index (χ3n) is 2.99. The van der Waals surface area contributed by atoms with Crippen LogP contribution in [0.15, 0.2) is 30.3 Å². The number of carboxylic acids is 1. The van der Waals surface area contributed by atoms with E-state index in [-0.39, 0.29) is 12.5 Å². The van der Waals surface area contributed by atoms with Crippen LogP contribution in [0, 0.1) is 5.92 Å². The number of aliphatic carboxylic acids is 1. The SMILES string of the molecule is COCCN(CC(=O)Nc1ccccc1)CC(C)C(=O)O. The number of carbonyl (C=O) groups is 2. The summed E-state index contributed by atoms with van der Waals surface area (Å²) in [6, 6.07) is 9.15. The molecule has 116 valence electrons. The standard InChI is InChI=1S/C15H22N2O4/c1-12(15(19)20)10-17(8-9-21-2)11-14(18)16-13-6-4-3-5-7-13/h3-7,12H,8-11H2,1-2H3,(H,16,18)(H,19,20). The van der Waals surface area contributed by atoms with E-state index in [0.29, 0.717) is 19.7 Å². The van der Waals surface area contributed by atoms with Gasteiger partial charge in [0.05, 0.1) is 19.1 Å². The molecule has 0 aliphatic heterocycles. The maximum atomic E-state index is 12.0. The van der Waals surface area contributed by atoms with E-state index in [1.807, 2.05) is 18.2 Å². The van der Waals surface area contributed by atoms with Crippen molar-refractivity contribution < 1.29 is 19.4 Å². The number of methoxy groups -OCH3 is 1. The van der Waals surface area contributed by atoms with Gasteiger partial charge in [-0.05, 0) is 12.1 Å². The number of benzene rings is 1. The Morgan fingerprint density at radius 3 is 2.57 bits per heavy atom. The first-order valence-corrected chi connectivity index (χ1v) is 6.82. The van der Waals surface area contributed by atoms with Gasteiger partial charge in [-0.1, -0.05) is 25.1 Å². The van der Waals surface area contributed by atoms with Crippen molar-refractivity contribution >= 4 is 17.6 Å². The lowest BCUT2D eigenvalue weighted by Crippen LogP contribution is -2.39. The fraction of sp³-hybridized carbons (Fsp3) is 0.467. The fourth-order valence-electron chi connectivity index (χ4n) is 1.85. The van der Waals surface area contributed by atoms with Gasteiger partial charge < -0.3 is 15.2 Å². The lowest BCUT2D eigenvalue weighted by Gasteiger charge is -2.23. The second-order valence-corrected chi connectivity index (χ2v) is 4.88. The summed E-state index contributed by atoms with van der Waals surface area (Å²) >= 11 is 0. The summed E-state index contributed by atoms with van der Waals surface area (Å²) in [6.07, 6.45) is 0. The molecule has 0 aliphatic rings. The highest BCUT2D eigenvalue weighted by molar-refractivity contribution is 5.92. The van der Waals surface area contributed by atoms with E-state index >= 15 is 0 Å². The van der Waals surface area contributed by atoms with E-state index in [4.69, 9.17) is 9.84 Å². The molecule has 0 bridgehead atoms. The third kappa shape index (κ3) is 6.87. The maximum absolute atomic E-state index is 12.0. The summed E-state index contributed by atoms with van der Waals surface area (Å²) in [5, 5.41) is 11.7. The highest BCUT2D eigenvalue weighted by Gasteiger charge is 2.18. The van der Waals surface area contributed by atoms with Crippen molar-refractivity contribution in [2.75, 3.05) is 38.7 Å². The number of ether oxygens (including phenoxy) is 1. The number of hydrogen-bond acceptors (Lipinski definition) is 4. The quantitative estimate of drug-likeness (QED) is 0.717. The fourth-order valence-corrected chi connectivity index (χ4v) is 1.85. The number of carboxylic acid groups (broad SMARTS) is 1. The molecule has 0 saturated carbocycles. The van der Waals surface area contributed by atoms with Crippen molar-refractivity contribution in [3.8, 4) is 0 Å². The molecule has 1 aromatic carbocycles. The molecule has 2 N–H and O–H groups in total. The monoisotopic (exact) mass is 294 g/mol. The Balaban J connectivity index is 2.54. The summed E-state index contributed by atoms with van der Waals surface area (Å²) in [6.45, 7) is 3.02. The minimum atomic E-state index is -0.874. The first-order chi connectivity index (χ1) is 10.0. The molecule has 1 amide bonds. The second kappa shape index (κ2) is 9.10. The van der Waals surface area contributed by atoms with Gasteiger partial charge in [0.25, 0.3) is 0 Å². The number of amides is 1. The molecule has 21 heavy (non-hydrogen) atoms. The summed E-state index contributed by atoms with van der Waals surface area (Å²) in [4.78, 5) is 24.7. The average Bonchev–Trinajstić information content (AvgIpc) is 2.45. The van der Waals surface area contributed by atoms with Crippen molar-refractivity contribution in [3.63, 3.8) is 0 Å². The molecule has 1 unspecified atom stereocenters. The van der Waals surface area contributed by atoms with Gasteiger partial charge in [0.2, 0.25) is 5.91 Å². The lowest BCUT2D eigenvalue weighted by atomic mass is 10.1. The Morgan fingerprint density at radius 1 is 1.33 bits per heavy atom. The van der Waals surface area contributed by atoms with E-state index in [1.165, 1.54) is 0 Å². The zero-order valence-corrected chi connectivity index (χ0v) is 12.4. The Morgan fingerprint density at radius 2 is 2.00 bits per heavy atom. The van der Waals surface area contributed by atoms with Crippen molar-refractivity contribution in [3.05, 3.63) is 30.3 Å². The molecule has 0 radical (unpaired) electrons. The van der Waals surface area contributed by atoms with Crippen LogP contribution in [0.4, 0.5) is 5.69 Å². The first kappa shape index (κ1) is 17.1. The molecule has 0 aromatic heterocycles. The van der Waals surface area contributed by atoms with E-state index in [2.05, 4.69) is 5.32 Å². The zero-order valence-electron chi connectivity index (χ0n) is 12.4. The van der Waals surface area contributed by atoms with Crippen molar-refractivity contribution in [1.29, 1.82) is 0 Å². The van der Waals surface area contributed by atoms with Gasteiger partial charge in [0.1, 0.15) is 0 Å². The minimum Gasteiger partial charge on any atom is -0.481 e. The molecular formula is C15H22N2O4. The predicted octanol–water partition coefficient (Wildman–Crippen LogP) is 1.29. The Labute approximate surface area is 124 Å². The van der Waals surface area contributed by atoms with Gasteiger partial charge in [0.15, 0.2) is 0 Å². The van der Waals surface area contributed by atoms with Gasteiger partial charge in [-0.3, -0.25) is 14.5 Å². The van der Waals surface area contributed by atoms with Crippen molar-refractivity contribution in [2.24, 2.45) is 5.92 Å². The van der Waals surface area contributed by atoms with E-state index < -0.39 is 11.9 Å². The topological polar surface area (TPSA) is 78.9 Å². The molecule has 6 heteroatoms. The summed E-state index contributed by atoms with van der Waals surface area (Å²) in [5.41, 5.74) is 0.723. The number of nitrogens with zero attached hydrogens (tertiary/aromatic N) is 1. The molecule has 0 saturated heterocycles. The van der Waals surface area contributed by atoms with Crippen LogP contribution in [0.25, 0.3) is 0 Å². The Bertz CT molecular complexity index is 450. The average molecular weight is 294 g/mol. The highest BCUT2D eigenvalue weighted by atomic mass is 16.5. The third-order valence-corrected chi connectivity index (χ3v) is 2.99. The number of nitrogens with one attached hydrogen (secondary N) is 1. The van der Waals surface area contributed by atoms with Crippen LogP contribution in [0.1, 0.15) is 6.92 Å². The molecule has 0 aliphatic carbocycles. The van der Waals surface area contributed by atoms with Crippen LogP contribution in [-0.2, 0) is 14.3 Å². The molecule has 1 aromatic rings.